The van der Waals surface area contributed by atoms with E-state index in [1.54, 1.807) is 13.0 Å². The molecule has 4 aromatic rings. The molecule has 0 unspecified atom stereocenters. The van der Waals surface area contributed by atoms with Gasteiger partial charge in [-0.1, -0.05) is 18.2 Å². The number of hydrogen-bond donors (Lipinski definition) is 3. The summed E-state index contributed by atoms with van der Waals surface area (Å²) in [5.41, 5.74) is 2.14. The molecule has 1 aromatic heterocycles. The second-order valence-corrected chi connectivity index (χ2v) is 9.15. The molecule has 0 radical (unpaired) electrons. The second-order valence-electron chi connectivity index (χ2n) is 7.47. The number of amides is 1. The van der Waals surface area contributed by atoms with Crippen LogP contribution in [0.15, 0.2) is 65.6 Å². The molecule has 0 saturated heterocycles. The number of anilines is 2. The average molecular weight is 482 g/mol. The van der Waals surface area contributed by atoms with Crippen LogP contribution in [0.4, 0.5) is 11.4 Å². The fourth-order valence-electron chi connectivity index (χ4n) is 3.56. The van der Waals surface area contributed by atoms with Crippen LogP contribution in [0.2, 0.25) is 0 Å². The number of aromatic amines is 1. The van der Waals surface area contributed by atoms with Gasteiger partial charge in [0.05, 0.1) is 22.7 Å². The average Bonchev–Trinajstić information content (AvgIpc) is 3.17. The minimum absolute atomic E-state index is 0.0173. The minimum Gasteiger partial charge on any atom is -0.482 e. The van der Waals surface area contributed by atoms with Crippen LogP contribution in [0.1, 0.15) is 13.8 Å². The number of fused-ring (bicyclic) bond motifs is 3. The van der Waals surface area contributed by atoms with E-state index in [0.29, 0.717) is 17.0 Å². The lowest BCUT2D eigenvalue weighted by molar-refractivity contribution is -0.145. The van der Waals surface area contributed by atoms with E-state index in [1.807, 2.05) is 24.3 Å². The highest BCUT2D eigenvalue weighted by Crippen LogP contribution is 2.35. The predicted octanol–water partition coefficient (Wildman–Crippen LogP) is 4.02. The molecule has 0 spiro atoms. The quantitative estimate of drug-likeness (QED) is 0.326. The largest absolute Gasteiger partial charge is 0.482 e. The highest BCUT2D eigenvalue weighted by atomic mass is 32.2. The lowest BCUT2D eigenvalue weighted by atomic mass is 10.1. The number of carbonyl (C=O) groups is 2. The number of esters is 1. The minimum atomic E-state index is -3.97. The van der Waals surface area contributed by atoms with E-state index in [4.69, 9.17) is 9.47 Å². The van der Waals surface area contributed by atoms with Crippen molar-refractivity contribution in [2.24, 2.45) is 0 Å². The van der Waals surface area contributed by atoms with Gasteiger partial charge in [-0.25, -0.2) is 13.2 Å². The molecule has 0 aliphatic carbocycles. The Hall–Kier alpha value is -4.05. The highest BCUT2D eigenvalue weighted by Gasteiger charge is 2.19. The molecule has 3 N–H and O–H groups in total. The molecule has 1 amide bonds. The van der Waals surface area contributed by atoms with Gasteiger partial charge in [0.1, 0.15) is 5.75 Å². The molecule has 4 rings (SSSR count). The van der Waals surface area contributed by atoms with E-state index in [0.717, 1.165) is 16.3 Å². The summed E-state index contributed by atoms with van der Waals surface area (Å²) >= 11 is 0. The van der Waals surface area contributed by atoms with Crippen molar-refractivity contribution in [3.8, 4) is 5.75 Å². The van der Waals surface area contributed by atoms with Crippen LogP contribution >= 0.6 is 0 Å². The Balaban J connectivity index is 1.72. The Bertz CT molecular complexity index is 1480. The lowest BCUT2D eigenvalue weighted by Gasteiger charge is -2.13. The highest BCUT2D eigenvalue weighted by molar-refractivity contribution is 7.92. The van der Waals surface area contributed by atoms with Crippen LogP contribution in [0, 0.1) is 0 Å². The zero-order valence-electron chi connectivity index (χ0n) is 18.5. The SMILES string of the molecule is CCOC(=O)COc1cc(NS(=O)(=O)c2ccc(NC(C)=O)cc2)c2[nH]c3ccccc3c2c1. The summed E-state index contributed by atoms with van der Waals surface area (Å²) in [4.78, 5) is 26.2. The molecule has 3 aromatic carbocycles. The molecular formula is C24H23N3O6S. The Morgan fingerprint density at radius 3 is 2.44 bits per heavy atom. The van der Waals surface area contributed by atoms with Gasteiger partial charge in [0, 0.05) is 35.0 Å². The molecule has 0 bridgehead atoms. The van der Waals surface area contributed by atoms with E-state index < -0.39 is 16.0 Å². The van der Waals surface area contributed by atoms with Crippen LogP contribution in [-0.2, 0) is 24.3 Å². The third-order valence-corrected chi connectivity index (χ3v) is 6.36. The zero-order valence-corrected chi connectivity index (χ0v) is 19.4. The Labute approximate surface area is 196 Å². The Morgan fingerprint density at radius 2 is 1.74 bits per heavy atom. The summed E-state index contributed by atoms with van der Waals surface area (Å²) in [6.45, 7) is 2.99. The van der Waals surface area contributed by atoms with Gasteiger partial charge in [-0.15, -0.1) is 0 Å². The molecule has 10 heteroatoms. The number of hydrogen-bond acceptors (Lipinski definition) is 6. The van der Waals surface area contributed by atoms with Crippen molar-refractivity contribution in [3.63, 3.8) is 0 Å². The summed E-state index contributed by atoms with van der Waals surface area (Å²) in [5, 5.41) is 4.20. The van der Waals surface area contributed by atoms with Gasteiger partial charge in [0.15, 0.2) is 6.61 Å². The molecule has 0 fully saturated rings. The first kappa shape index (κ1) is 23.1. The van der Waals surface area contributed by atoms with Crippen molar-refractivity contribution in [2.45, 2.75) is 18.7 Å². The van der Waals surface area contributed by atoms with Crippen molar-refractivity contribution >= 4 is 55.1 Å². The van der Waals surface area contributed by atoms with E-state index >= 15 is 0 Å². The zero-order chi connectivity index (χ0) is 24.3. The molecular weight excluding hydrogens is 458 g/mol. The Morgan fingerprint density at radius 1 is 1.00 bits per heavy atom. The summed E-state index contributed by atoms with van der Waals surface area (Å²) in [6.07, 6.45) is 0. The molecule has 0 aliphatic rings. The number of nitrogens with one attached hydrogen (secondary N) is 3. The molecule has 0 aliphatic heterocycles. The summed E-state index contributed by atoms with van der Waals surface area (Å²) in [5.74, 6) is -0.471. The monoisotopic (exact) mass is 481 g/mol. The number of rotatable bonds is 8. The summed E-state index contributed by atoms with van der Waals surface area (Å²) in [6, 6.07) is 16.6. The van der Waals surface area contributed by atoms with Gasteiger partial charge >= 0.3 is 5.97 Å². The first-order valence-corrected chi connectivity index (χ1v) is 12.0. The van der Waals surface area contributed by atoms with E-state index in [2.05, 4.69) is 15.0 Å². The maximum atomic E-state index is 13.1. The van der Waals surface area contributed by atoms with Crippen molar-refractivity contribution in [1.29, 1.82) is 0 Å². The van der Waals surface area contributed by atoms with Crippen LogP contribution in [0.5, 0.6) is 5.75 Å². The van der Waals surface area contributed by atoms with Crippen LogP contribution < -0.4 is 14.8 Å². The number of ether oxygens (including phenoxy) is 2. The van der Waals surface area contributed by atoms with Gasteiger partial charge < -0.3 is 19.8 Å². The first-order chi connectivity index (χ1) is 16.3. The topological polar surface area (TPSA) is 127 Å². The number of aromatic nitrogens is 1. The molecule has 9 nitrogen and oxygen atoms in total. The second kappa shape index (κ2) is 9.44. The fraction of sp³-hybridized carbons (Fsp3) is 0.167. The predicted molar refractivity (Wildman–Crippen MR) is 129 cm³/mol. The molecule has 0 atom stereocenters. The summed E-state index contributed by atoms with van der Waals surface area (Å²) < 4.78 is 39.4. The molecule has 1 heterocycles. The number of sulfonamides is 1. The van der Waals surface area contributed by atoms with Crippen molar-refractivity contribution in [2.75, 3.05) is 23.3 Å². The first-order valence-electron chi connectivity index (χ1n) is 10.5. The number of H-pyrrole nitrogens is 1. The van der Waals surface area contributed by atoms with E-state index in [-0.39, 0.29) is 29.7 Å². The Kier molecular flexibility index (Phi) is 6.42. The van der Waals surface area contributed by atoms with Crippen LogP contribution in [0.25, 0.3) is 21.8 Å². The summed E-state index contributed by atoms with van der Waals surface area (Å²) in [7, 11) is -3.97. The van der Waals surface area contributed by atoms with Gasteiger partial charge in [-0.3, -0.25) is 9.52 Å². The molecule has 34 heavy (non-hydrogen) atoms. The number of para-hydroxylation sites is 1. The van der Waals surface area contributed by atoms with Crippen molar-refractivity contribution in [3.05, 3.63) is 60.7 Å². The fourth-order valence-corrected chi connectivity index (χ4v) is 4.62. The van der Waals surface area contributed by atoms with Gasteiger partial charge in [0.25, 0.3) is 10.0 Å². The van der Waals surface area contributed by atoms with Crippen LogP contribution in [0.3, 0.4) is 0 Å². The van der Waals surface area contributed by atoms with Crippen molar-refractivity contribution < 1.29 is 27.5 Å². The van der Waals surface area contributed by atoms with E-state index in [9.17, 15) is 18.0 Å². The smallest absolute Gasteiger partial charge is 0.344 e. The van der Waals surface area contributed by atoms with E-state index in [1.165, 1.54) is 37.3 Å². The lowest BCUT2D eigenvalue weighted by Crippen LogP contribution is -2.15. The standard InChI is InChI=1S/C24H23N3O6S/c1-3-32-23(29)14-33-17-12-20-19-6-4-5-7-21(19)26-24(20)22(13-17)27-34(30,31)18-10-8-16(9-11-18)25-15(2)28/h4-13,26-27H,3,14H2,1-2H3,(H,25,28). The van der Waals surface area contributed by atoms with Crippen LogP contribution in [-0.4, -0.2) is 38.5 Å². The molecule has 0 saturated carbocycles. The maximum absolute atomic E-state index is 13.1. The van der Waals surface area contributed by atoms with Gasteiger partial charge in [-0.2, -0.15) is 0 Å². The van der Waals surface area contributed by atoms with Gasteiger partial charge in [-0.05, 0) is 43.3 Å². The number of benzene rings is 3. The van der Waals surface area contributed by atoms with Gasteiger partial charge in [0.2, 0.25) is 5.91 Å². The normalized spacial score (nSPS) is 11.4. The number of carbonyl (C=O) groups excluding carboxylic acids is 2. The van der Waals surface area contributed by atoms with Crippen molar-refractivity contribution in [1.82, 2.24) is 4.98 Å². The molecule has 176 valence electrons. The third kappa shape index (κ3) is 4.96. The third-order valence-electron chi connectivity index (χ3n) is 4.98. The maximum Gasteiger partial charge on any atom is 0.344 e.